The van der Waals surface area contributed by atoms with E-state index in [0.29, 0.717) is 0 Å². The van der Waals surface area contributed by atoms with E-state index in [2.05, 4.69) is 36.7 Å². The molecule has 3 rings (SSSR count). The highest BCUT2D eigenvalue weighted by Crippen LogP contribution is 2.29. The maximum Gasteiger partial charge on any atom is 0.151 e. The molecule has 0 saturated heterocycles. The summed E-state index contributed by atoms with van der Waals surface area (Å²) in [5, 5.41) is 7.06. The summed E-state index contributed by atoms with van der Waals surface area (Å²) in [6, 6.07) is 11.1. The number of aromatic nitrogens is 1. The molecule has 0 saturated carbocycles. The van der Waals surface area contributed by atoms with Gasteiger partial charge in [0.2, 0.25) is 0 Å². The predicted molar refractivity (Wildman–Crippen MR) is 104 cm³/mol. The average molecular weight is 371 g/mol. The smallest absolute Gasteiger partial charge is 0.151 e. The van der Waals surface area contributed by atoms with Crippen molar-refractivity contribution in [3.05, 3.63) is 70.7 Å². The van der Waals surface area contributed by atoms with Crippen LogP contribution in [-0.2, 0) is 5.41 Å². The Hall–Kier alpha value is -2.60. The van der Waals surface area contributed by atoms with Crippen LogP contribution in [-0.4, -0.2) is 11.2 Å². The normalized spacial score (nSPS) is 11.9. The van der Waals surface area contributed by atoms with E-state index in [9.17, 15) is 8.78 Å². The molecule has 1 N–H and O–H groups in total. The number of anilines is 1. The van der Waals surface area contributed by atoms with Gasteiger partial charge in [0, 0.05) is 22.4 Å². The highest BCUT2D eigenvalue weighted by Gasteiger charge is 2.17. The maximum absolute atomic E-state index is 13.5. The topological polar surface area (TPSA) is 37.3 Å². The van der Waals surface area contributed by atoms with Gasteiger partial charge in [-0.05, 0) is 17.7 Å². The zero-order valence-corrected chi connectivity index (χ0v) is 15.6. The van der Waals surface area contributed by atoms with E-state index in [1.165, 1.54) is 12.1 Å². The van der Waals surface area contributed by atoms with Gasteiger partial charge in [-0.1, -0.05) is 45.0 Å². The van der Waals surface area contributed by atoms with Crippen LogP contribution in [0.4, 0.5) is 14.5 Å². The van der Waals surface area contributed by atoms with Crippen LogP contribution in [0.25, 0.3) is 10.6 Å². The number of nitrogens with zero attached hydrogens (tertiary/aromatic N) is 2. The van der Waals surface area contributed by atoms with E-state index in [1.54, 1.807) is 17.6 Å². The third-order valence-corrected chi connectivity index (χ3v) is 4.65. The molecule has 0 radical (unpaired) electrons. The molecule has 3 nitrogen and oxygen atoms in total. The van der Waals surface area contributed by atoms with Gasteiger partial charge in [-0.2, -0.15) is 5.10 Å². The summed E-state index contributed by atoms with van der Waals surface area (Å²) in [5.41, 5.74) is 5.70. The predicted octanol–water partition coefficient (Wildman–Crippen LogP) is 5.83. The first-order valence-electron chi connectivity index (χ1n) is 8.13. The van der Waals surface area contributed by atoms with Crippen LogP contribution < -0.4 is 5.43 Å². The molecule has 0 aliphatic heterocycles. The summed E-state index contributed by atoms with van der Waals surface area (Å²) >= 11 is 1.62. The van der Waals surface area contributed by atoms with Crippen molar-refractivity contribution in [1.29, 1.82) is 0 Å². The van der Waals surface area contributed by atoms with Crippen LogP contribution in [0.3, 0.4) is 0 Å². The zero-order valence-electron chi connectivity index (χ0n) is 14.8. The highest BCUT2D eigenvalue weighted by atomic mass is 32.1. The first-order valence-corrected chi connectivity index (χ1v) is 9.01. The number of benzene rings is 2. The van der Waals surface area contributed by atoms with Crippen LogP contribution in [0, 0.1) is 11.6 Å². The lowest BCUT2D eigenvalue weighted by molar-refractivity contribution is 0.573. The van der Waals surface area contributed by atoms with E-state index >= 15 is 0 Å². The van der Waals surface area contributed by atoms with Crippen molar-refractivity contribution >= 4 is 23.2 Å². The third kappa shape index (κ3) is 4.32. The van der Waals surface area contributed by atoms with Gasteiger partial charge in [-0.25, -0.2) is 13.8 Å². The number of thiazole rings is 1. The lowest BCUT2D eigenvalue weighted by Gasteiger charge is -2.14. The van der Waals surface area contributed by atoms with Crippen LogP contribution in [0.1, 0.15) is 32.0 Å². The maximum atomic E-state index is 13.5. The van der Waals surface area contributed by atoms with Gasteiger partial charge in [-0.15, -0.1) is 11.3 Å². The minimum atomic E-state index is -0.684. The van der Waals surface area contributed by atoms with E-state index < -0.39 is 11.6 Å². The van der Waals surface area contributed by atoms with Crippen molar-refractivity contribution in [3.63, 3.8) is 0 Å². The fourth-order valence-corrected chi connectivity index (χ4v) is 3.27. The monoisotopic (exact) mass is 371 g/mol. The minimum Gasteiger partial charge on any atom is -0.276 e. The quantitative estimate of drug-likeness (QED) is 0.463. The molecule has 0 amide bonds. The Labute approximate surface area is 155 Å². The summed E-state index contributed by atoms with van der Waals surface area (Å²) in [6.45, 7) is 6.42. The molecule has 0 spiro atoms. The Balaban J connectivity index is 1.68. The second-order valence-electron chi connectivity index (χ2n) is 6.90. The van der Waals surface area contributed by atoms with Gasteiger partial charge in [0.05, 0.1) is 17.6 Å². The zero-order chi connectivity index (χ0) is 18.7. The molecule has 0 atom stereocenters. The van der Waals surface area contributed by atoms with E-state index in [4.69, 9.17) is 4.98 Å². The van der Waals surface area contributed by atoms with Gasteiger partial charge in [-0.3, -0.25) is 5.43 Å². The summed E-state index contributed by atoms with van der Waals surface area (Å²) < 4.78 is 26.4. The van der Waals surface area contributed by atoms with Gasteiger partial charge in [0.25, 0.3) is 0 Å². The lowest BCUT2D eigenvalue weighted by Crippen LogP contribution is -2.11. The Kier molecular flexibility index (Phi) is 5.13. The Morgan fingerprint density at radius 3 is 2.42 bits per heavy atom. The minimum absolute atomic E-state index is 0.0304. The molecule has 0 aliphatic rings. The second kappa shape index (κ2) is 7.33. The van der Waals surface area contributed by atoms with Crippen molar-refractivity contribution < 1.29 is 8.78 Å². The molecule has 26 heavy (non-hydrogen) atoms. The first kappa shape index (κ1) is 18.2. The van der Waals surface area contributed by atoms with Crippen LogP contribution >= 0.6 is 11.3 Å². The van der Waals surface area contributed by atoms with Crippen molar-refractivity contribution in [1.82, 2.24) is 4.98 Å². The van der Waals surface area contributed by atoms with Crippen LogP contribution in [0.15, 0.2) is 52.9 Å². The van der Waals surface area contributed by atoms with Crippen molar-refractivity contribution in [2.24, 2.45) is 5.10 Å². The Bertz CT molecular complexity index is 925. The molecule has 2 aromatic carbocycles. The summed E-state index contributed by atoms with van der Waals surface area (Å²) in [6.07, 6.45) is 1.58. The molecule has 0 fully saturated rings. The Morgan fingerprint density at radius 2 is 1.81 bits per heavy atom. The largest absolute Gasteiger partial charge is 0.276 e. The molecule has 1 heterocycles. The number of hydrogen-bond donors (Lipinski definition) is 1. The van der Waals surface area contributed by atoms with Gasteiger partial charge in [0.15, 0.2) is 5.82 Å². The van der Waals surface area contributed by atoms with Crippen LogP contribution in [0.2, 0.25) is 0 Å². The van der Waals surface area contributed by atoms with E-state index in [1.807, 2.05) is 24.3 Å². The highest BCUT2D eigenvalue weighted by molar-refractivity contribution is 7.13. The molecular formula is C20H19F2N3S. The van der Waals surface area contributed by atoms with Crippen LogP contribution in [0.5, 0.6) is 0 Å². The fourth-order valence-electron chi connectivity index (χ4n) is 2.22. The van der Waals surface area contributed by atoms with Gasteiger partial charge in [0.1, 0.15) is 10.8 Å². The second-order valence-corrected chi connectivity index (χ2v) is 7.76. The standard InChI is InChI=1S/C20H19F2N3S/c1-20(2,3)18-12-26-19(24-18)14-6-4-13(5-7-14)11-23-25-17-9-8-15(21)10-16(17)22/h4-12,25H,1-3H3/b23-11-. The lowest BCUT2D eigenvalue weighted by atomic mass is 9.93. The third-order valence-electron chi connectivity index (χ3n) is 3.76. The number of hydrogen-bond acceptors (Lipinski definition) is 4. The fraction of sp³-hybridized carbons (Fsp3) is 0.200. The molecule has 3 aromatic rings. The van der Waals surface area contributed by atoms with E-state index in [-0.39, 0.29) is 11.1 Å². The number of halogens is 2. The van der Waals surface area contributed by atoms with Crippen molar-refractivity contribution in [3.8, 4) is 10.6 Å². The molecule has 0 bridgehead atoms. The summed E-state index contributed by atoms with van der Waals surface area (Å²) in [4.78, 5) is 4.70. The molecule has 0 unspecified atom stereocenters. The van der Waals surface area contributed by atoms with Crippen molar-refractivity contribution in [2.75, 3.05) is 5.43 Å². The first-order chi connectivity index (χ1) is 12.3. The number of nitrogens with one attached hydrogen (secondary N) is 1. The van der Waals surface area contributed by atoms with E-state index in [0.717, 1.165) is 27.9 Å². The van der Waals surface area contributed by atoms with Crippen molar-refractivity contribution in [2.45, 2.75) is 26.2 Å². The summed E-state index contributed by atoms with van der Waals surface area (Å²) in [7, 11) is 0. The molecular weight excluding hydrogens is 352 g/mol. The molecule has 0 aliphatic carbocycles. The number of rotatable bonds is 4. The summed E-state index contributed by atoms with van der Waals surface area (Å²) in [5.74, 6) is -1.31. The Morgan fingerprint density at radius 1 is 1.08 bits per heavy atom. The average Bonchev–Trinajstić information content (AvgIpc) is 3.08. The molecule has 6 heteroatoms. The SMILES string of the molecule is CC(C)(C)c1csc(-c2ccc(/C=N\Nc3ccc(F)cc3F)cc2)n1. The van der Waals surface area contributed by atoms with Gasteiger partial charge >= 0.3 is 0 Å². The molecule has 1 aromatic heterocycles. The van der Waals surface area contributed by atoms with Gasteiger partial charge < -0.3 is 0 Å². The molecule has 134 valence electrons. The number of hydrazone groups is 1.